The average molecular weight is 291 g/mol. The number of phenols is 1. The van der Waals surface area contributed by atoms with Crippen molar-refractivity contribution in [1.29, 1.82) is 0 Å². The molecule has 3 N–H and O–H groups in total. The number of aromatic nitrogens is 4. The van der Waals surface area contributed by atoms with Crippen molar-refractivity contribution in [3.8, 4) is 11.4 Å². The van der Waals surface area contributed by atoms with Crippen LogP contribution in [0.2, 0.25) is 0 Å². The summed E-state index contributed by atoms with van der Waals surface area (Å²) in [5.74, 6) is 0.234. The lowest BCUT2D eigenvalue weighted by Crippen LogP contribution is -2.27. The van der Waals surface area contributed by atoms with Crippen molar-refractivity contribution in [3.05, 3.63) is 24.3 Å². The van der Waals surface area contributed by atoms with Crippen LogP contribution in [0.25, 0.3) is 5.69 Å². The molecule has 1 aliphatic carbocycles. The minimum absolute atomic E-state index is 0.234. The number of nitrogens with two attached hydrogens (primary N) is 1. The molecule has 20 heavy (non-hydrogen) atoms. The first kappa shape index (κ1) is 13.4. The number of hydrogen-bond acceptors (Lipinski definition) is 6. The maximum Gasteiger partial charge on any atom is 0.214 e. The van der Waals surface area contributed by atoms with Gasteiger partial charge < -0.3 is 10.8 Å². The molecule has 0 saturated heterocycles. The Bertz CT molecular complexity index is 562. The molecule has 0 bridgehead atoms. The highest BCUT2D eigenvalue weighted by molar-refractivity contribution is 7.99. The summed E-state index contributed by atoms with van der Waals surface area (Å²) in [6.07, 6.45) is 4.35. The summed E-state index contributed by atoms with van der Waals surface area (Å²) in [5, 5.41) is 22.5. The summed E-state index contributed by atoms with van der Waals surface area (Å²) in [7, 11) is 0. The average Bonchev–Trinajstić information content (AvgIpc) is 2.90. The Kier molecular flexibility index (Phi) is 3.88. The van der Waals surface area contributed by atoms with Gasteiger partial charge in [-0.2, -0.15) is 4.68 Å². The van der Waals surface area contributed by atoms with Crippen molar-refractivity contribution >= 4 is 11.8 Å². The molecule has 1 heterocycles. The summed E-state index contributed by atoms with van der Waals surface area (Å²) >= 11 is 1.71. The van der Waals surface area contributed by atoms with Crippen LogP contribution < -0.4 is 5.73 Å². The Morgan fingerprint density at radius 2 is 1.85 bits per heavy atom. The minimum atomic E-state index is 0.234. The second-order valence-corrected chi connectivity index (χ2v) is 6.31. The van der Waals surface area contributed by atoms with E-state index in [9.17, 15) is 5.11 Å². The highest BCUT2D eigenvalue weighted by Crippen LogP contribution is 2.32. The van der Waals surface area contributed by atoms with Gasteiger partial charge in [-0.3, -0.25) is 0 Å². The van der Waals surface area contributed by atoms with E-state index < -0.39 is 0 Å². The van der Waals surface area contributed by atoms with E-state index in [1.165, 1.54) is 0 Å². The van der Waals surface area contributed by atoms with Crippen LogP contribution in [0.1, 0.15) is 25.7 Å². The van der Waals surface area contributed by atoms with Gasteiger partial charge in [0.15, 0.2) is 0 Å². The third-order valence-corrected chi connectivity index (χ3v) is 4.80. The summed E-state index contributed by atoms with van der Waals surface area (Å²) in [5.41, 5.74) is 6.78. The van der Waals surface area contributed by atoms with E-state index in [0.29, 0.717) is 11.3 Å². The molecule has 0 atom stereocenters. The molecule has 7 heteroatoms. The topological polar surface area (TPSA) is 89.9 Å². The number of rotatable bonds is 3. The first-order valence-electron chi connectivity index (χ1n) is 6.72. The van der Waals surface area contributed by atoms with E-state index in [2.05, 4.69) is 15.5 Å². The molecular weight excluding hydrogens is 274 g/mol. The highest BCUT2D eigenvalue weighted by atomic mass is 32.2. The Balaban J connectivity index is 1.75. The van der Waals surface area contributed by atoms with Crippen molar-refractivity contribution in [1.82, 2.24) is 20.2 Å². The molecule has 106 valence electrons. The number of benzene rings is 1. The normalized spacial score (nSPS) is 22.9. The molecular formula is C13H17N5OS. The van der Waals surface area contributed by atoms with Gasteiger partial charge in [-0.15, -0.1) is 5.10 Å². The third kappa shape index (κ3) is 2.94. The van der Waals surface area contributed by atoms with Gasteiger partial charge in [0.1, 0.15) is 5.75 Å². The van der Waals surface area contributed by atoms with Crippen LogP contribution in [0.3, 0.4) is 0 Å². The van der Waals surface area contributed by atoms with E-state index in [1.807, 2.05) is 0 Å². The molecule has 1 aromatic heterocycles. The second kappa shape index (κ2) is 5.80. The van der Waals surface area contributed by atoms with Gasteiger partial charge in [-0.25, -0.2) is 0 Å². The zero-order valence-corrected chi connectivity index (χ0v) is 11.8. The van der Waals surface area contributed by atoms with Crippen LogP contribution in [-0.2, 0) is 0 Å². The fourth-order valence-electron chi connectivity index (χ4n) is 2.36. The summed E-state index contributed by atoms with van der Waals surface area (Å²) < 4.78 is 1.71. The first-order valence-corrected chi connectivity index (χ1v) is 7.60. The Morgan fingerprint density at radius 1 is 1.15 bits per heavy atom. The lowest BCUT2D eigenvalue weighted by Gasteiger charge is -2.24. The number of hydrogen-bond donors (Lipinski definition) is 2. The molecule has 0 radical (unpaired) electrons. The van der Waals surface area contributed by atoms with Crippen molar-refractivity contribution in [2.24, 2.45) is 5.73 Å². The van der Waals surface area contributed by atoms with Crippen molar-refractivity contribution < 1.29 is 5.11 Å². The van der Waals surface area contributed by atoms with Gasteiger partial charge in [0.05, 0.1) is 5.69 Å². The number of phenolic OH excluding ortho intramolecular Hbond substituents is 1. The third-order valence-electron chi connectivity index (χ3n) is 3.53. The molecule has 3 rings (SSSR count). The lowest BCUT2D eigenvalue weighted by molar-refractivity contribution is 0.450. The first-order chi connectivity index (χ1) is 9.72. The Labute approximate surface area is 121 Å². The SMILES string of the molecule is NC1CCC(Sc2nnnn2-c2ccc(O)cc2)CC1. The van der Waals surface area contributed by atoms with Crippen LogP contribution in [0.4, 0.5) is 0 Å². The number of tetrazole rings is 1. The molecule has 1 aromatic carbocycles. The number of aromatic hydroxyl groups is 1. The minimum Gasteiger partial charge on any atom is -0.508 e. The lowest BCUT2D eigenvalue weighted by atomic mass is 9.96. The van der Waals surface area contributed by atoms with Crippen LogP contribution in [0.15, 0.2) is 29.4 Å². The largest absolute Gasteiger partial charge is 0.508 e. The smallest absolute Gasteiger partial charge is 0.214 e. The monoisotopic (exact) mass is 291 g/mol. The van der Waals surface area contributed by atoms with E-state index in [0.717, 1.165) is 36.5 Å². The number of nitrogens with zero attached hydrogens (tertiary/aromatic N) is 4. The van der Waals surface area contributed by atoms with E-state index in [-0.39, 0.29) is 5.75 Å². The number of thioether (sulfide) groups is 1. The fourth-order valence-corrected chi connectivity index (χ4v) is 3.50. The second-order valence-electron chi connectivity index (χ2n) is 5.04. The molecule has 0 spiro atoms. The predicted molar refractivity (Wildman–Crippen MR) is 76.9 cm³/mol. The van der Waals surface area contributed by atoms with Gasteiger partial charge in [-0.1, -0.05) is 11.8 Å². The van der Waals surface area contributed by atoms with Gasteiger partial charge in [0, 0.05) is 11.3 Å². The fraction of sp³-hybridized carbons (Fsp3) is 0.462. The summed E-state index contributed by atoms with van der Waals surface area (Å²) in [4.78, 5) is 0. The van der Waals surface area contributed by atoms with Gasteiger partial charge >= 0.3 is 0 Å². The maximum atomic E-state index is 9.33. The zero-order valence-electron chi connectivity index (χ0n) is 11.0. The van der Waals surface area contributed by atoms with E-state index in [4.69, 9.17) is 5.73 Å². The Morgan fingerprint density at radius 3 is 2.55 bits per heavy atom. The van der Waals surface area contributed by atoms with Crippen LogP contribution in [0, 0.1) is 0 Å². The molecule has 2 aromatic rings. The molecule has 0 aliphatic heterocycles. The summed E-state index contributed by atoms with van der Waals surface area (Å²) in [6, 6.07) is 7.20. The van der Waals surface area contributed by atoms with Crippen molar-refractivity contribution in [2.75, 3.05) is 0 Å². The van der Waals surface area contributed by atoms with Gasteiger partial charge in [0.2, 0.25) is 5.16 Å². The highest BCUT2D eigenvalue weighted by Gasteiger charge is 2.22. The van der Waals surface area contributed by atoms with Gasteiger partial charge in [0.25, 0.3) is 0 Å². The zero-order chi connectivity index (χ0) is 13.9. The van der Waals surface area contributed by atoms with Gasteiger partial charge in [-0.05, 0) is 60.4 Å². The van der Waals surface area contributed by atoms with Crippen molar-refractivity contribution in [2.45, 2.75) is 42.1 Å². The molecule has 1 saturated carbocycles. The van der Waals surface area contributed by atoms with Crippen molar-refractivity contribution in [3.63, 3.8) is 0 Å². The predicted octanol–water partition coefficient (Wildman–Crippen LogP) is 1.73. The summed E-state index contributed by atoms with van der Waals surface area (Å²) in [6.45, 7) is 0. The molecule has 1 fully saturated rings. The molecule has 6 nitrogen and oxygen atoms in total. The molecule has 0 amide bonds. The van der Waals surface area contributed by atoms with Crippen LogP contribution in [0.5, 0.6) is 5.75 Å². The van der Waals surface area contributed by atoms with Crippen LogP contribution in [-0.4, -0.2) is 36.6 Å². The van der Waals surface area contributed by atoms with E-state index >= 15 is 0 Å². The maximum absolute atomic E-state index is 9.33. The van der Waals surface area contributed by atoms with Crippen LogP contribution >= 0.6 is 11.8 Å². The van der Waals surface area contributed by atoms with E-state index in [1.54, 1.807) is 40.7 Å². The standard InChI is InChI=1S/C13H17N5OS/c14-9-1-7-12(8-2-9)20-13-15-16-17-18(13)10-3-5-11(19)6-4-10/h3-6,9,12,19H,1-2,7-8,14H2. The quantitative estimate of drug-likeness (QED) is 0.895. The molecule has 0 unspecified atom stereocenters. The Hall–Kier alpha value is -1.60. The molecule has 1 aliphatic rings.